The van der Waals surface area contributed by atoms with Crippen LogP contribution in [-0.2, 0) is 0 Å². The van der Waals surface area contributed by atoms with Crippen LogP contribution in [-0.4, -0.2) is 17.1 Å². The van der Waals surface area contributed by atoms with Gasteiger partial charge in [0.25, 0.3) is 0 Å². The molecule has 132 valence electrons. The molecule has 0 amide bonds. The highest BCUT2D eigenvalue weighted by atomic mass is 35.5. The molecule has 2 nitrogen and oxygen atoms in total. The third-order valence-electron chi connectivity index (χ3n) is 5.85. The molecule has 4 heteroatoms. The number of nitrogens with zero attached hydrogens (tertiary/aromatic N) is 1. The van der Waals surface area contributed by atoms with E-state index >= 15 is 0 Å². The molecule has 3 heterocycles. The molecule has 5 rings (SSSR count). The van der Waals surface area contributed by atoms with Gasteiger partial charge in [-0.15, -0.1) is 11.3 Å². The maximum absolute atomic E-state index is 6.12. The second kappa shape index (κ2) is 6.80. The maximum Gasteiger partial charge on any atom is 0.0983 e. The summed E-state index contributed by atoms with van der Waals surface area (Å²) < 4.78 is 0. The molecule has 2 aliphatic heterocycles. The lowest BCUT2D eigenvalue weighted by molar-refractivity contribution is 0.316. The van der Waals surface area contributed by atoms with Gasteiger partial charge < -0.3 is 5.32 Å². The summed E-state index contributed by atoms with van der Waals surface area (Å²) in [5, 5.41) is 5.91. The summed E-state index contributed by atoms with van der Waals surface area (Å²) in [6.07, 6.45) is 5.76. The Kier molecular flexibility index (Phi) is 4.32. The molecule has 2 fully saturated rings. The van der Waals surface area contributed by atoms with Crippen molar-refractivity contribution in [1.82, 2.24) is 10.3 Å². The van der Waals surface area contributed by atoms with E-state index in [9.17, 15) is 0 Å². The van der Waals surface area contributed by atoms with Gasteiger partial charge in [-0.2, -0.15) is 0 Å². The average Bonchev–Trinajstić information content (AvgIpc) is 3.31. The molecule has 4 atom stereocenters. The molecule has 2 saturated heterocycles. The summed E-state index contributed by atoms with van der Waals surface area (Å²) in [6, 6.07) is 20.2. The molecule has 1 aromatic heterocycles. The van der Waals surface area contributed by atoms with Crippen molar-refractivity contribution in [3.63, 3.8) is 0 Å². The summed E-state index contributed by atoms with van der Waals surface area (Å²) in [6.45, 7) is 0. The first-order valence-corrected chi connectivity index (χ1v) is 10.5. The van der Waals surface area contributed by atoms with Gasteiger partial charge in [0.15, 0.2) is 0 Å². The van der Waals surface area contributed by atoms with E-state index in [0.29, 0.717) is 23.9 Å². The Morgan fingerprint density at radius 1 is 1.00 bits per heavy atom. The quantitative estimate of drug-likeness (QED) is 0.616. The lowest BCUT2D eigenvalue weighted by Crippen LogP contribution is -2.43. The molecule has 0 saturated carbocycles. The molecule has 1 N–H and O–H groups in total. The maximum atomic E-state index is 6.12. The molecule has 2 bridgehead atoms. The van der Waals surface area contributed by atoms with Crippen LogP contribution in [0.3, 0.4) is 0 Å². The Labute approximate surface area is 163 Å². The molecule has 0 aliphatic carbocycles. The highest BCUT2D eigenvalue weighted by molar-refractivity contribution is 7.15. The zero-order chi connectivity index (χ0) is 17.5. The van der Waals surface area contributed by atoms with Gasteiger partial charge in [-0.3, -0.25) is 0 Å². The minimum atomic E-state index is 0.442. The summed E-state index contributed by atoms with van der Waals surface area (Å²) in [7, 11) is 0. The lowest BCUT2D eigenvalue weighted by Gasteiger charge is -2.37. The fourth-order valence-corrected chi connectivity index (χ4v) is 5.91. The van der Waals surface area contributed by atoms with Gasteiger partial charge in [-0.05, 0) is 48.4 Å². The average molecular weight is 381 g/mol. The Hall–Kier alpha value is -1.68. The fourth-order valence-electron chi connectivity index (χ4n) is 4.63. The van der Waals surface area contributed by atoms with Crippen LogP contribution in [0, 0.1) is 0 Å². The molecule has 2 aliphatic rings. The van der Waals surface area contributed by atoms with Crippen molar-refractivity contribution in [2.45, 2.75) is 43.2 Å². The van der Waals surface area contributed by atoms with Crippen LogP contribution in [0.2, 0.25) is 5.02 Å². The number of fused-ring (bicyclic) bond motifs is 2. The smallest absolute Gasteiger partial charge is 0.0983 e. The molecule has 0 spiro atoms. The van der Waals surface area contributed by atoms with Crippen LogP contribution in [0.4, 0.5) is 0 Å². The predicted octanol–water partition coefficient (Wildman–Crippen LogP) is 5.86. The summed E-state index contributed by atoms with van der Waals surface area (Å²) in [5.41, 5.74) is 2.65. The number of benzene rings is 2. The van der Waals surface area contributed by atoms with Crippen molar-refractivity contribution < 1.29 is 0 Å². The number of piperidine rings is 1. The zero-order valence-corrected chi connectivity index (χ0v) is 16.0. The number of hydrogen-bond donors (Lipinski definition) is 1. The molecular weight excluding hydrogens is 360 g/mol. The summed E-state index contributed by atoms with van der Waals surface area (Å²) >= 11 is 7.98. The van der Waals surface area contributed by atoms with Crippen LogP contribution in [0.15, 0.2) is 60.8 Å². The van der Waals surface area contributed by atoms with Gasteiger partial charge in [0, 0.05) is 29.2 Å². The van der Waals surface area contributed by atoms with Crippen LogP contribution < -0.4 is 5.32 Å². The first-order chi connectivity index (χ1) is 12.8. The minimum absolute atomic E-state index is 0.442. The van der Waals surface area contributed by atoms with Gasteiger partial charge in [-0.25, -0.2) is 4.98 Å². The predicted molar refractivity (Wildman–Crippen MR) is 109 cm³/mol. The number of rotatable bonds is 3. The third-order valence-corrected chi connectivity index (χ3v) is 7.25. The highest BCUT2D eigenvalue weighted by Gasteiger charge is 2.44. The van der Waals surface area contributed by atoms with Crippen LogP contribution in [0.1, 0.15) is 41.7 Å². The topological polar surface area (TPSA) is 24.9 Å². The molecule has 3 aromatic rings. The van der Waals surface area contributed by atoms with Gasteiger partial charge in [0.2, 0.25) is 0 Å². The van der Waals surface area contributed by atoms with E-state index in [1.165, 1.54) is 40.3 Å². The summed E-state index contributed by atoms with van der Waals surface area (Å²) in [5.74, 6) is 0.957. The van der Waals surface area contributed by atoms with Crippen molar-refractivity contribution in [2.75, 3.05) is 0 Å². The van der Waals surface area contributed by atoms with E-state index in [-0.39, 0.29) is 0 Å². The standard InChI is InChI=1S/C22H21ClN2S/c23-16-8-6-14(7-9-16)18-12-17-10-11-19(25-17)21(18)22-24-13-20(26-22)15-4-2-1-3-5-15/h1-9,13,17-19,21,25H,10-12H2. The minimum Gasteiger partial charge on any atom is -0.310 e. The molecule has 26 heavy (non-hydrogen) atoms. The normalized spacial score (nSPS) is 27.6. The summed E-state index contributed by atoms with van der Waals surface area (Å²) in [4.78, 5) is 6.14. The van der Waals surface area contributed by atoms with E-state index in [0.717, 1.165) is 5.02 Å². The number of halogens is 1. The Balaban J connectivity index is 1.52. The second-order valence-electron chi connectivity index (χ2n) is 7.40. The van der Waals surface area contributed by atoms with Crippen molar-refractivity contribution in [2.24, 2.45) is 0 Å². The van der Waals surface area contributed by atoms with Crippen molar-refractivity contribution in [1.29, 1.82) is 0 Å². The number of hydrogen-bond acceptors (Lipinski definition) is 3. The first kappa shape index (κ1) is 16.5. The van der Waals surface area contributed by atoms with Gasteiger partial charge in [0.05, 0.1) is 9.88 Å². The van der Waals surface area contributed by atoms with E-state index in [2.05, 4.69) is 54.0 Å². The van der Waals surface area contributed by atoms with Gasteiger partial charge in [-0.1, -0.05) is 54.1 Å². The second-order valence-corrected chi connectivity index (χ2v) is 8.89. The van der Waals surface area contributed by atoms with E-state index in [1.807, 2.05) is 23.5 Å². The molecule has 0 radical (unpaired) electrons. The largest absolute Gasteiger partial charge is 0.310 e. The fraction of sp³-hybridized carbons (Fsp3) is 0.318. The Morgan fingerprint density at radius 3 is 2.62 bits per heavy atom. The van der Waals surface area contributed by atoms with E-state index in [4.69, 9.17) is 16.6 Å². The van der Waals surface area contributed by atoms with Crippen LogP contribution in [0.25, 0.3) is 10.4 Å². The van der Waals surface area contributed by atoms with Crippen LogP contribution in [0.5, 0.6) is 0 Å². The van der Waals surface area contributed by atoms with Crippen molar-refractivity contribution in [3.05, 3.63) is 76.4 Å². The molecular formula is C22H21ClN2S. The highest BCUT2D eigenvalue weighted by Crippen LogP contribution is 2.48. The monoisotopic (exact) mass is 380 g/mol. The zero-order valence-electron chi connectivity index (χ0n) is 14.4. The van der Waals surface area contributed by atoms with Gasteiger partial charge >= 0.3 is 0 Å². The lowest BCUT2D eigenvalue weighted by atomic mass is 9.77. The van der Waals surface area contributed by atoms with Crippen molar-refractivity contribution >= 4 is 22.9 Å². The molecule has 4 unspecified atom stereocenters. The van der Waals surface area contributed by atoms with Crippen LogP contribution >= 0.6 is 22.9 Å². The molecule has 2 aromatic carbocycles. The van der Waals surface area contributed by atoms with E-state index in [1.54, 1.807) is 0 Å². The first-order valence-electron chi connectivity index (χ1n) is 9.30. The Bertz CT molecular complexity index is 890. The van der Waals surface area contributed by atoms with E-state index < -0.39 is 0 Å². The number of thiazole rings is 1. The number of nitrogens with one attached hydrogen (secondary N) is 1. The van der Waals surface area contributed by atoms with Gasteiger partial charge in [0.1, 0.15) is 0 Å². The SMILES string of the molecule is Clc1ccc(C2CC3CCC(N3)C2c2ncc(-c3ccccc3)s2)cc1. The van der Waals surface area contributed by atoms with Crippen molar-refractivity contribution in [3.8, 4) is 10.4 Å². The Morgan fingerprint density at radius 2 is 1.81 bits per heavy atom. The number of aromatic nitrogens is 1. The third kappa shape index (κ3) is 2.98.